The molecule has 12 heavy (non-hydrogen) atoms. The highest BCUT2D eigenvalue weighted by Crippen LogP contribution is 2.25. The second kappa shape index (κ2) is 2.58. The zero-order valence-electron chi connectivity index (χ0n) is 6.43. The number of rotatable bonds is 2. The Balaban J connectivity index is 2.02. The monoisotopic (exact) mass is 187 g/mol. The Morgan fingerprint density at radius 2 is 2.25 bits per heavy atom. The molecular weight excluding hydrogens is 178 g/mol. The third-order valence-electron chi connectivity index (χ3n) is 1.95. The van der Waals surface area contributed by atoms with Gasteiger partial charge in [0, 0.05) is 0 Å². The third-order valence-corrected chi connectivity index (χ3v) is 2.88. The quantitative estimate of drug-likeness (QED) is 0.642. The SMILES string of the molecule is O=S1(=O)C=C(OC2CCC2)C=N1. The van der Waals surface area contributed by atoms with E-state index in [4.69, 9.17) is 4.74 Å². The van der Waals surface area contributed by atoms with E-state index >= 15 is 0 Å². The molecule has 0 aromatic heterocycles. The molecule has 0 saturated heterocycles. The minimum atomic E-state index is -3.34. The zero-order chi connectivity index (χ0) is 8.60. The van der Waals surface area contributed by atoms with Gasteiger partial charge in [0.05, 0.1) is 17.7 Å². The molecule has 0 aromatic carbocycles. The lowest BCUT2D eigenvalue weighted by molar-refractivity contribution is 0.0645. The van der Waals surface area contributed by atoms with Crippen LogP contribution in [0.3, 0.4) is 0 Å². The average Bonchev–Trinajstić information content (AvgIpc) is 2.21. The Labute approximate surface area is 71.0 Å². The Morgan fingerprint density at radius 3 is 2.67 bits per heavy atom. The second-order valence-corrected chi connectivity index (χ2v) is 4.42. The topological polar surface area (TPSA) is 55.7 Å². The number of allylic oxidation sites excluding steroid dienone is 1. The van der Waals surface area contributed by atoms with Crippen molar-refractivity contribution in [3.63, 3.8) is 0 Å². The molecule has 2 rings (SSSR count). The first kappa shape index (κ1) is 7.79. The van der Waals surface area contributed by atoms with Crippen LogP contribution in [0.25, 0.3) is 0 Å². The fourth-order valence-electron chi connectivity index (χ4n) is 1.07. The normalized spacial score (nSPS) is 26.5. The van der Waals surface area contributed by atoms with Gasteiger partial charge in [0.1, 0.15) is 0 Å². The van der Waals surface area contributed by atoms with Crippen molar-refractivity contribution in [3.8, 4) is 0 Å². The molecule has 0 N–H and O–H groups in total. The molecule has 0 spiro atoms. The van der Waals surface area contributed by atoms with Gasteiger partial charge >= 0.3 is 0 Å². The summed E-state index contributed by atoms with van der Waals surface area (Å²) in [6, 6.07) is 0. The Bertz CT molecular complexity index is 338. The maximum Gasteiger partial charge on any atom is 0.279 e. The molecule has 2 aliphatic rings. The maximum absolute atomic E-state index is 10.8. The predicted molar refractivity (Wildman–Crippen MR) is 44.2 cm³/mol. The molecule has 1 fully saturated rings. The van der Waals surface area contributed by atoms with Gasteiger partial charge in [-0.05, 0) is 19.3 Å². The van der Waals surface area contributed by atoms with Crippen molar-refractivity contribution in [2.75, 3.05) is 0 Å². The van der Waals surface area contributed by atoms with Crippen LogP contribution in [0.5, 0.6) is 0 Å². The zero-order valence-corrected chi connectivity index (χ0v) is 7.25. The maximum atomic E-state index is 10.8. The van der Waals surface area contributed by atoms with Crippen LogP contribution in [0.1, 0.15) is 19.3 Å². The molecule has 1 aliphatic carbocycles. The van der Waals surface area contributed by atoms with Gasteiger partial charge in [-0.3, -0.25) is 0 Å². The Hall–Kier alpha value is -0.840. The van der Waals surface area contributed by atoms with Crippen molar-refractivity contribution in [3.05, 3.63) is 11.2 Å². The average molecular weight is 187 g/mol. The van der Waals surface area contributed by atoms with Gasteiger partial charge in [-0.2, -0.15) is 12.8 Å². The molecule has 0 atom stereocenters. The first-order valence-corrected chi connectivity index (χ1v) is 5.35. The molecule has 66 valence electrons. The minimum absolute atomic E-state index is 0.205. The first-order valence-electron chi connectivity index (χ1n) is 3.84. The van der Waals surface area contributed by atoms with Crippen molar-refractivity contribution in [1.82, 2.24) is 0 Å². The van der Waals surface area contributed by atoms with Gasteiger partial charge < -0.3 is 4.74 Å². The lowest BCUT2D eigenvalue weighted by atomic mass is 9.96. The summed E-state index contributed by atoms with van der Waals surface area (Å²) in [5.74, 6) is 0.375. The van der Waals surface area contributed by atoms with E-state index in [1.54, 1.807) is 0 Å². The summed E-state index contributed by atoms with van der Waals surface area (Å²) < 4.78 is 30.2. The van der Waals surface area contributed by atoms with Crippen LogP contribution in [-0.4, -0.2) is 20.7 Å². The van der Waals surface area contributed by atoms with E-state index in [9.17, 15) is 8.42 Å². The molecule has 0 unspecified atom stereocenters. The van der Waals surface area contributed by atoms with Crippen molar-refractivity contribution in [1.29, 1.82) is 0 Å². The summed E-state index contributed by atoms with van der Waals surface area (Å²) >= 11 is 0. The Kier molecular flexibility index (Phi) is 1.68. The molecular formula is C7H9NO3S. The minimum Gasteiger partial charge on any atom is -0.488 e. The van der Waals surface area contributed by atoms with E-state index in [1.165, 1.54) is 12.6 Å². The summed E-state index contributed by atoms with van der Waals surface area (Å²) in [5, 5.41) is 1.06. The van der Waals surface area contributed by atoms with E-state index in [1.807, 2.05) is 0 Å². The number of sulfonamides is 1. The second-order valence-electron chi connectivity index (χ2n) is 2.94. The van der Waals surface area contributed by atoms with Gasteiger partial charge in [0.25, 0.3) is 10.0 Å². The summed E-state index contributed by atoms with van der Waals surface area (Å²) in [4.78, 5) is 0. The molecule has 5 heteroatoms. The standard InChI is InChI=1S/C7H9NO3S/c9-12(10)5-7(4-8-12)11-6-2-1-3-6/h4-6H,1-3H2. The molecule has 1 saturated carbocycles. The van der Waals surface area contributed by atoms with Crippen LogP contribution in [-0.2, 0) is 14.8 Å². The van der Waals surface area contributed by atoms with E-state index in [2.05, 4.69) is 4.40 Å². The molecule has 4 nitrogen and oxygen atoms in total. The van der Waals surface area contributed by atoms with Crippen LogP contribution in [0, 0.1) is 0 Å². The molecule has 0 amide bonds. The smallest absolute Gasteiger partial charge is 0.279 e. The van der Waals surface area contributed by atoms with E-state index in [-0.39, 0.29) is 6.10 Å². The lowest BCUT2D eigenvalue weighted by Gasteiger charge is -2.25. The first-order chi connectivity index (χ1) is 5.66. The van der Waals surface area contributed by atoms with Crippen molar-refractivity contribution in [2.24, 2.45) is 4.40 Å². The number of ether oxygens (including phenoxy) is 1. The van der Waals surface area contributed by atoms with E-state index in [0.717, 1.165) is 18.2 Å². The van der Waals surface area contributed by atoms with Gasteiger partial charge in [0.2, 0.25) is 0 Å². The van der Waals surface area contributed by atoms with Crippen LogP contribution in [0.15, 0.2) is 15.6 Å². The largest absolute Gasteiger partial charge is 0.488 e. The van der Waals surface area contributed by atoms with Crippen LogP contribution in [0.2, 0.25) is 0 Å². The summed E-state index contributed by atoms with van der Waals surface area (Å²) in [6.45, 7) is 0. The molecule has 1 aliphatic heterocycles. The van der Waals surface area contributed by atoms with Gasteiger partial charge in [-0.1, -0.05) is 0 Å². The predicted octanol–water partition coefficient (Wildman–Crippen LogP) is 0.811. The number of nitrogens with zero attached hydrogens (tertiary/aromatic N) is 1. The van der Waals surface area contributed by atoms with Crippen molar-refractivity contribution < 1.29 is 13.2 Å². The molecule has 0 aromatic rings. The van der Waals surface area contributed by atoms with Crippen LogP contribution >= 0.6 is 0 Å². The van der Waals surface area contributed by atoms with E-state index in [0.29, 0.717) is 5.76 Å². The summed E-state index contributed by atoms with van der Waals surface area (Å²) in [7, 11) is -3.34. The number of hydrogen-bond acceptors (Lipinski definition) is 3. The molecule has 0 radical (unpaired) electrons. The fourth-order valence-corrected chi connectivity index (χ4v) is 1.79. The number of hydrogen-bond donors (Lipinski definition) is 0. The highest BCUT2D eigenvalue weighted by atomic mass is 32.2. The Morgan fingerprint density at radius 1 is 1.50 bits per heavy atom. The highest BCUT2D eigenvalue weighted by molar-refractivity contribution is 7.93. The van der Waals surface area contributed by atoms with Crippen LogP contribution in [0.4, 0.5) is 0 Å². The van der Waals surface area contributed by atoms with Gasteiger partial charge in [-0.25, -0.2) is 0 Å². The summed E-state index contributed by atoms with van der Waals surface area (Å²) in [5.41, 5.74) is 0. The van der Waals surface area contributed by atoms with Crippen LogP contribution < -0.4 is 0 Å². The van der Waals surface area contributed by atoms with Gasteiger partial charge in [0.15, 0.2) is 5.76 Å². The third kappa shape index (κ3) is 1.50. The lowest BCUT2D eigenvalue weighted by Crippen LogP contribution is -2.21. The summed E-state index contributed by atoms with van der Waals surface area (Å²) in [6.07, 6.45) is 4.67. The molecule has 0 bridgehead atoms. The highest BCUT2D eigenvalue weighted by Gasteiger charge is 2.22. The van der Waals surface area contributed by atoms with Gasteiger partial charge in [-0.15, -0.1) is 0 Å². The molecule has 1 heterocycles. The van der Waals surface area contributed by atoms with Crippen molar-refractivity contribution >= 4 is 16.2 Å². The van der Waals surface area contributed by atoms with Crippen molar-refractivity contribution in [2.45, 2.75) is 25.4 Å². The fraction of sp³-hybridized carbons (Fsp3) is 0.571. The van der Waals surface area contributed by atoms with E-state index < -0.39 is 10.0 Å².